The number of sulfone groups is 1. The van der Waals surface area contributed by atoms with E-state index in [0.29, 0.717) is 12.8 Å². The molecule has 0 unspecified atom stereocenters. The number of carbonyl (C=O) groups is 2. The lowest BCUT2D eigenvalue weighted by molar-refractivity contribution is -0.139. The summed E-state index contributed by atoms with van der Waals surface area (Å²) in [6.45, 7) is 0. The summed E-state index contributed by atoms with van der Waals surface area (Å²) in [4.78, 5) is 23.2. The zero-order valence-electron chi connectivity index (χ0n) is 11.6. The maximum atomic E-state index is 12.2. The van der Waals surface area contributed by atoms with Crippen molar-refractivity contribution in [3.05, 3.63) is 29.8 Å². The monoisotopic (exact) mass is 311 g/mol. The zero-order chi connectivity index (χ0) is 15.7. The molecule has 1 aliphatic carbocycles. The Morgan fingerprint density at radius 3 is 2.48 bits per heavy atom. The molecule has 0 spiro atoms. The fourth-order valence-electron chi connectivity index (χ4n) is 2.42. The first-order chi connectivity index (χ1) is 9.72. The largest absolute Gasteiger partial charge is 0.481 e. The second-order valence-electron chi connectivity index (χ2n) is 5.46. The zero-order valence-corrected chi connectivity index (χ0v) is 12.4. The number of aliphatic carboxylic acids is 1. The van der Waals surface area contributed by atoms with Crippen molar-refractivity contribution in [2.45, 2.75) is 36.1 Å². The van der Waals surface area contributed by atoms with Crippen LogP contribution in [0.25, 0.3) is 0 Å². The number of amides is 1. The van der Waals surface area contributed by atoms with Crippen LogP contribution in [0.5, 0.6) is 0 Å². The van der Waals surface area contributed by atoms with E-state index in [4.69, 9.17) is 5.11 Å². The molecule has 1 aromatic carbocycles. The van der Waals surface area contributed by atoms with Gasteiger partial charge in [-0.2, -0.15) is 0 Å². The molecule has 7 heteroatoms. The topological polar surface area (TPSA) is 101 Å². The number of hydrogen-bond donors (Lipinski definition) is 2. The minimum absolute atomic E-state index is 0.0658. The molecular formula is C14H17NO5S. The van der Waals surface area contributed by atoms with Gasteiger partial charge in [0.25, 0.3) is 5.91 Å². The van der Waals surface area contributed by atoms with Gasteiger partial charge in [0.2, 0.25) is 0 Å². The molecule has 1 fully saturated rings. The molecule has 2 N–H and O–H groups in total. The van der Waals surface area contributed by atoms with Gasteiger partial charge < -0.3 is 10.4 Å². The van der Waals surface area contributed by atoms with Crippen molar-refractivity contribution in [2.24, 2.45) is 0 Å². The summed E-state index contributed by atoms with van der Waals surface area (Å²) < 4.78 is 23.0. The number of carboxylic acid groups (broad SMARTS) is 1. The maximum Gasteiger partial charge on any atom is 0.305 e. The van der Waals surface area contributed by atoms with Crippen molar-refractivity contribution in [1.29, 1.82) is 0 Å². The van der Waals surface area contributed by atoms with Crippen molar-refractivity contribution in [3.63, 3.8) is 0 Å². The van der Waals surface area contributed by atoms with Crippen LogP contribution in [0.15, 0.2) is 29.2 Å². The molecular weight excluding hydrogens is 294 g/mol. The molecule has 0 radical (unpaired) electrons. The average Bonchev–Trinajstić information content (AvgIpc) is 2.34. The first-order valence-corrected chi connectivity index (χ1v) is 8.45. The van der Waals surface area contributed by atoms with E-state index >= 15 is 0 Å². The minimum atomic E-state index is -3.39. The smallest absolute Gasteiger partial charge is 0.305 e. The predicted molar refractivity (Wildman–Crippen MR) is 75.9 cm³/mol. The highest BCUT2D eigenvalue weighted by Gasteiger charge is 2.40. The molecule has 0 atom stereocenters. The quantitative estimate of drug-likeness (QED) is 0.851. The van der Waals surface area contributed by atoms with E-state index in [1.54, 1.807) is 0 Å². The van der Waals surface area contributed by atoms with Crippen molar-refractivity contribution < 1.29 is 23.1 Å². The highest BCUT2D eigenvalue weighted by Crippen LogP contribution is 2.35. The Kier molecular flexibility index (Phi) is 4.04. The summed E-state index contributed by atoms with van der Waals surface area (Å²) in [5, 5.41) is 11.7. The molecule has 1 aromatic rings. The lowest BCUT2D eigenvalue weighted by Crippen LogP contribution is -2.54. The van der Waals surface area contributed by atoms with E-state index in [9.17, 15) is 18.0 Å². The van der Waals surface area contributed by atoms with E-state index in [2.05, 4.69) is 5.32 Å². The second kappa shape index (κ2) is 5.48. The Labute approximate surface area is 123 Å². The summed E-state index contributed by atoms with van der Waals surface area (Å²) >= 11 is 0. The number of nitrogens with one attached hydrogen (secondary N) is 1. The second-order valence-corrected chi connectivity index (χ2v) is 7.47. The number of hydrogen-bond acceptors (Lipinski definition) is 4. The fourth-order valence-corrected chi connectivity index (χ4v) is 3.09. The van der Waals surface area contributed by atoms with E-state index in [-0.39, 0.29) is 16.9 Å². The van der Waals surface area contributed by atoms with Gasteiger partial charge in [0.05, 0.1) is 16.9 Å². The highest BCUT2D eigenvalue weighted by atomic mass is 32.2. The molecule has 0 saturated heterocycles. The van der Waals surface area contributed by atoms with E-state index in [1.165, 1.54) is 24.3 Å². The van der Waals surface area contributed by atoms with Crippen LogP contribution < -0.4 is 5.32 Å². The van der Waals surface area contributed by atoms with Crippen LogP contribution in [-0.4, -0.2) is 37.2 Å². The third-order valence-corrected chi connectivity index (χ3v) is 4.81. The van der Waals surface area contributed by atoms with Gasteiger partial charge in [-0.1, -0.05) is 6.07 Å². The molecule has 2 rings (SSSR count). The molecule has 0 aliphatic heterocycles. The summed E-state index contributed by atoms with van der Waals surface area (Å²) in [6, 6.07) is 5.73. The SMILES string of the molecule is CS(=O)(=O)c1cccc(C(=O)NC2(CC(=O)O)CCC2)c1. The van der Waals surface area contributed by atoms with E-state index in [0.717, 1.165) is 12.7 Å². The van der Waals surface area contributed by atoms with Crippen molar-refractivity contribution in [2.75, 3.05) is 6.26 Å². The Hall–Kier alpha value is -1.89. The number of benzene rings is 1. The van der Waals surface area contributed by atoms with Gasteiger partial charge in [-0.25, -0.2) is 8.42 Å². The highest BCUT2D eigenvalue weighted by molar-refractivity contribution is 7.90. The summed E-state index contributed by atoms with van der Waals surface area (Å²) in [7, 11) is -3.39. The van der Waals surface area contributed by atoms with Crippen LogP contribution in [0.3, 0.4) is 0 Å². The van der Waals surface area contributed by atoms with Crippen molar-refractivity contribution in [1.82, 2.24) is 5.32 Å². The number of carboxylic acids is 1. The van der Waals surface area contributed by atoms with Crippen LogP contribution in [0.1, 0.15) is 36.0 Å². The van der Waals surface area contributed by atoms with Crippen molar-refractivity contribution >= 4 is 21.7 Å². The van der Waals surface area contributed by atoms with E-state index < -0.39 is 27.3 Å². The predicted octanol–water partition coefficient (Wildman–Crippen LogP) is 1.22. The first-order valence-electron chi connectivity index (χ1n) is 6.56. The van der Waals surface area contributed by atoms with Crippen LogP contribution in [0, 0.1) is 0 Å². The maximum absolute atomic E-state index is 12.2. The lowest BCUT2D eigenvalue weighted by Gasteiger charge is -2.41. The van der Waals surface area contributed by atoms with Gasteiger partial charge in [0.15, 0.2) is 9.84 Å². The molecule has 114 valence electrons. The van der Waals surface area contributed by atoms with E-state index in [1.807, 2.05) is 0 Å². The third-order valence-electron chi connectivity index (χ3n) is 3.70. The Morgan fingerprint density at radius 1 is 1.33 bits per heavy atom. The molecule has 6 nitrogen and oxygen atoms in total. The molecule has 0 aromatic heterocycles. The normalized spacial score (nSPS) is 16.8. The van der Waals surface area contributed by atoms with Gasteiger partial charge in [-0.05, 0) is 37.5 Å². The fraction of sp³-hybridized carbons (Fsp3) is 0.429. The van der Waals surface area contributed by atoms with Gasteiger partial charge >= 0.3 is 5.97 Å². The van der Waals surface area contributed by atoms with Gasteiger partial charge in [0, 0.05) is 11.8 Å². The summed E-state index contributed by atoms with van der Waals surface area (Å²) in [5.41, 5.74) is -0.487. The van der Waals surface area contributed by atoms with Gasteiger partial charge in [-0.15, -0.1) is 0 Å². The Balaban J connectivity index is 2.19. The number of carbonyl (C=O) groups excluding carboxylic acids is 1. The summed E-state index contributed by atoms with van der Waals surface area (Å²) in [5.74, 6) is -1.40. The standard InChI is InChI=1S/C14H17NO5S/c1-21(19,20)11-5-2-4-10(8-11)13(18)15-14(6-3-7-14)9-12(16)17/h2,4-5,8H,3,6-7,9H2,1H3,(H,15,18)(H,16,17). The Morgan fingerprint density at radius 2 is 2.00 bits per heavy atom. The Bertz CT molecular complexity index is 676. The molecule has 1 saturated carbocycles. The first kappa shape index (κ1) is 15.5. The minimum Gasteiger partial charge on any atom is -0.481 e. The molecule has 1 amide bonds. The van der Waals surface area contributed by atoms with Crippen molar-refractivity contribution in [3.8, 4) is 0 Å². The molecule has 21 heavy (non-hydrogen) atoms. The van der Waals surface area contributed by atoms with Gasteiger partial charge in [0.1, 0.15) is 0 Å². The number of rotatable bonds is 5. The average molecular weight is 311 g/mol. The summed E-state index contributed by atoms with van der Waals surface area (Å²) in [6.07, 6.45) is 3.07. The van der Waals surface area contributed by atoms with Crippen LogP contribution >= 0.6 is 0 Å². The third kappa shape index (κ3) is 3.60. The lowest BCUT2D eigenvalue weighted by atomic mass is 9.74. The van der Waals surface area contributed by atoms with Crippen LogP contribution in [0.4, 0.5) is 0 Å². The molecule has 1 aliphatic rings. The van der Waals surface area contributed by atoms with Crippen LogP contribution in [0.2, 0.25) is 0 Å². The molecule has 0 bridgehead atoms. The van der Waals surface area contributed by atoms with Crippen LogP contribution in [-0.2, 0) is 14.6 Å². The van der Waals surface area contributed by atoms with Gasteiger partial charge in [-0.3, -0.25) is 9.59 Å². The molecule has 0 heterocycles.